The SMILES string of the molecule is Cc1[nH]c2ccc(Cl)cc2c1CC(=O)N(N)Cc1cccc(Cl)c1. The van der Waals surface area contributed by atoms with E-state index in [4.69, 9.17) is 29.0 Å². The van der Waals surface area contributed by atoms with Gasteiger partial charge in [-0.25, -0.2) is 5.84 Å². The van der Waals surface area contributed by atoms with Crippen molar-refractivity contribution in [3.05, 3.63) is 69.3 Å². The Morgan fingerprint density at radius 3 is 2.67 bits per heavy atom. The van der Waals surface area contributed by atoms with E-state index in [-0.39, 0.29) is 12.3 Å². The monoisotopic (exact) mass is 361 g/mol. The van der Waals surface area contributed by atoms with E-state index in [9.17, 15) is 4.79 Å². The van der Waals surface area contributed by atoms with Crippen LogP contribution in [0.5, 0.6) is 0 Å². The van der Waals surface area contributed by atoms with Gasteiger partial charge in [0.2, 0.25) is 5.91 Å². The van der Waals surface area contributed by atoms with Gasteiger partial charge in [0.1, 0.15) is 0 Å². The van der Waals surface area contributed by atoms with Crippen molar-refractivity contribution in [2.45, 2.75) is 19.9 Å². The molecule has 3 rings (SSSR count). The van der Waals surface area contributed by atoms with Crippen molar-refractivity contribution in [2.24, 2.45) is 5.84 Å². The average Bonchev–Trinajstić information content (AvgIpc) is 2.83. The lowest BCUT2D eigenvalue weighted by Gasteiger charge is -2.17. The minimum Gasteiger partial charge on any atom is -0.358 e. The van der Waals surface area contributed by atoms with Crippen molar-refractivity contribution < 1.29 is 4.79 Å². The van der Waals surface area contributed by atoms with E-state index in [1.165, 1.54) is 5.01 Å². The van der Waals surface area contributed by atoms with Crippen molar-refractivity contribution in [3.8, 4) is 0 Å². The lowest BCUT2D eigenvalue weighted by atomic mass is 10.1. The van der Waals surface area contributed by atoms with Crippen LogP contribution < -0.4 is 5.84 Å². The van der Waals surface area contributed by atoms with Gasteiger partial charge in [-0.3, -0.25) is 9.80 Å². The molecule has 3 N–H and O–H groups in total. The number of benzene rings is 2. The lowest BCUT2D eigenvalue weighted by molar-refractivity contribution is -0.131. The van der Waals surface area contributed by atoms with Crippen LogP contribution in [0.2, 0.25) is 10.0 Å². The van der Waals surface area contributed by atoms with E-state index in [1.807, 2.05) is 37.3 Å². The second-order valence-electron chi connectivity index (χ2n) is 5.75. The number of aromatic nitrogens is 1. The Morgan fingerprint density at radius 2 is 1.92 bits per heavy atom. The number of aryl methyl sites for hydroxylation is 1. The standard InChI is InChI=1S/C18H17Cl2N3O/c1-11-15(16-8-14(20)5-6-17(16)22-11)9-18(24)23(21)10-12-3-2-4-13(19)7-12/h2-8,22H,9-10,21H2,1H3. The second kappa shape index (κ2) is 6.85. The molecule has 0 spiro atoms. The number of carbonyl (C=O) groups is 1. The van der Waals surface area contributed by atoms with Gasteiger partial charge in [0.15, 0.2) is 0 Å². The zero-order chi connectivity index (χ0) is 17.3. The third-order valence-corrected chi connectivity index (χ3v) is 4.44. The molecule has 0 unspecified atom stereocenters. The Bertz CT molecular complexity index is 904. The quantitative estimate of drug-likeness (QED) is 0.415. The van der Waals surface area contributed by atoms with Gasteiger partial charge in [0, 0.05) is 26.6 Å². The molecule has 3 aromatic rings. The summed E-state index contributed by atoms with van der Waals surface area (Å²) < 4.78 is 0. The molecule has 0 fully saturated rings. The van der Waals surface area contributed by atoms with E-state index < -0.39 is 0 Å². The fourth-order valence-electron chi connectivity index (χ4n) is 2.76. The number of carbonyl (C=O) groups excluding carboxylic acids is 1. The van der Waals surface area contributed by atoms with E-state index in [1.54, 1.807) is 12.1 Å². The Hall–Kier alpha value is -2.01. The summed E-state index contributed by atoms with van der Waals surface area (Å²) in [6.07, 6.45) is 0.212. The summed E-state index contributed by atoms with van der Waals surface area (Å²) in [6, 6.07) is 12.9. The summed E-state index contributed by atoms with van der Waals surface area (Å²) in [7, 11) is 0. The van der Waals surface area contributed by atoms with Gasteiger partial charge >= 0.3 is 0 Å². The van der Waals surface area contributed by atoms with Gasteiger partial charge in [-0.05, 0) is 48.4 Å². The molecule has 2 aromatic carbocycles. The van der Waals surface area contributed by atoms with Crippen LogP contribution in [0, 0.1) is 6.92 Å². The number of nitrogens with two attached hydrogens (primary N) is 1. The summed E-state index contributed by atoms with van der Waals surface area (Å²) in [4.78, 5) is 15.8. The Labute approximate surface area is 150 Å². The van der Waals surface area contributed by atoms with E-state index in [0.29, 0.717) is 16.6 Å². The number of hydrazine groups is 1. The molecule has 124 valence electrons. The number of halogens is 2. The Morgan fingerprint density at radius 1 is 1.17 bits per heavy atom. The molecule has 0 radical (unpaired) electrons. The van der Waals surface area contributed by atoms with E-state index in [0.717, 1.165) is 27.7 Å². The molecule has 0 aliphatic heterocycles. The highest BCUT2D eigenvalue weighted by Crippen LogP contribution is 2.26. The second-order valence-corrected chi connectivity index (χ2v) is 6.62. The number of nitrogens with one attached hydrogen (secondary N) is 1. The minimum atomic E-state index is -0.168. The summed E-state index contributed by atoms with van der Waals surface area (Å²) in [5.41, 5.74) is 3.70. The van der Waals surface area contributed by atoms with Crippen molar-refractivity contribution in [1.29, 1.82) is 0 Å². The lowest BCUT2D eigenvalue weighted by Crippen LogP contribution is -2.37. The van der Waals surface area contributed by atoms with Gasteiger partial charge in [0.05, 0.1) is 13.0 Å². The fourth-order valence-corrected chi connectivity index (χ4v) is 3.14. The number of amides is 1. The summed E-state index contributed by atoms with van der Waals surface area (Å²) in [5, 5.41) is 3.42. The minimum absolute atomic E-state index is 0.168. The number of fused-ring (bicyclic) bond motifs is 1. The first kappa shape index (κ1) is 16.8. The van der Waals surface area contributed by atoms with Gasteiger partial charge in [-0.2, -0.15) is 0 Å². The van der Waals surface area contributed by atoms with Crippen LogP contribution >= 0.6 is 23.2 Å². The maximum absolute atomic E-state index is 12.5. The molecule has 0 saturated carbocycles. The molecular weight excluding hydrogens is 345 g/mol. The van der Waals surface area contributed by atoms with Crippen LogP contribution in [0.25, 0.3) is 10.9 Å². The van der Waals surface area contributed by atoms with Crippen LogP contribution in [0.15, 0.2) is 42.5 Å². The molecule has 6 heteroatoms. The molecule has 0 aliphatic carbocycles. The van der Waals surface area contributed by atoms with Gasteiger partial charge in [-0.15, -0.1) is 0 Å². The molecule has 1 heterocycles. The zero-order valence-electron chi connectivity index (χ0n) is 13.1. The van der Waals surface area contributed by atoms with Crippen LogP contribution in [0.1, 0.15) is 16.8 Å². The summed E-state index contributed by atoms with van der Waals surface area (Å²) >= 11 is 12.0. The number of aromatic amines is 1. The number of hydrogen-bond acceptors (Lipinski definition) is 2. The third-order valence-electron chi connectivity index (χ3n) is 3.97. The normalized spacial score (nSPS) is 11.0. The number of rotatable bonds is 4. The molecule has 4 nitrogen and oxygen atoms in total. The van der Waals surface area contributed by atoms with Crippen LogP contribution in [0.3, 0.4) is 0 Å². The number of hydrogen-bond donors (Lipinski definition) is 2. The molecule has 24 heavy (non-hydrogen) atoms. The van der Waals surface area contributed by atoms with E-state index >= 15 is 0 Å². The molecule has 1 amide bonds. The smallest absolute Gasteiger partial charge is 0.241 e. The van der Waals surface area contributed by atoms with Crippen LogP contribution in [-0.4, -0.2) is 15.9 Å². The first-order valence-electron chi connectivity index (χ1n) is 7.50. The highest BCUT2D eigenvalue weighted by Gasteiger charge is 2.16. The molecule has 0 bridgehead atoms. The first-order chi connectivity index (χ1) is 11.4. The topological polar surface area (TPSA) is 62.1 Å². The van der Waals surface area contributed by atoms with Crippen molar-refractivity contribution in [2.75, 3.05) is 0 Å². The number of nitrogens with zero attached hydrogens (tertiary/aromatic N) is 1. The Kier molecular flexibility index (Phi) is 4.81. The molecule has 0 aliphatic rings. The zero-order valence-corrected chi connectivity index (χ0v) is 14.7. The summed E-state index contributed by atoms with van der Waals surface area (Å²) in [6.45, 7) is 2.25. The van der Waals surface area contributed by atoms with Crippen LogP contribution in [-0.2, 0) is 17.8 Å². The summed E-state index contributed by atoms with van der Waals surface area (Å²) in [5.74, 6) is 5.78. The van der Waals surface area contributed by atoms with Crippen molar-refractivity contribution >= 4 is 40.0 Å². The predicted octanol–water partition coefficient (Wildman–Crippen LogP) is 4.23. The maximum atomic E-state index is 12.5. The van der Waals surface area contributed by atoms with Crippen molar-refractivity contribution in [3.63, 3.8) is 0 Å². The Balaban J connectivity index is 1.79. The maximum Gasteiger partial charge on any atom is 0.241 e. The first-order valence-corrected chi connectivity index (χ1v) is 8.26. The van der Waals surface area contributed by atoms with Gasteiger partial charge in [0.25, 0.3) is 0 Å². The van der Waals surface area contributed by atoms with Gasteiger partial charge < -0.3 is 4.98 Å². The fraction of sp³-hybridized carbons (Fsp3) is 0.167. The van der Waals surface area contributed by atoms with Crippen LogP contribution in [0.4, 0.5) is 0 Å². The van der Waals surface area contributed by atoms with Gasteiger partial charge in [-0.1, -0.05) is 35.3 Å². The number of H-pyrrole nitrogens is 1. The predicted molar refractivity (Wildman–Crippen MR) is 97.9 cm³/mol. The molecule has 1 aromatic heterocycles. The van der Waals surface area contributed by atoms with Crippen molar-refractivity contribution in [1.82, 2.24) is 9.99 Å². The highest BCUT2D eigenvalue weighted by atomic mass is 35.5. The molecule has 0 saturated heterocycles. The molecular formula is C18H17Cl2N3O. The van der Waals surface area contributed by atoms with E-state index in [2.05, 4.69) is 4.98 Å². The highest BCUT2D eigenvalue weighted by molar-refractivity contribution is 6.31. The molecule has 0 atom stereocenters. The third kappa shape index (κ3) is 3.56. The largest absolute Gasteiger partial charge is 0.358 e. The average molecular weight is 362 g/mol.